The SMILES string of the molecule is C#CCN(C(=O)OC(C)(C)C)/C(=N/C(=O)OC(C)(C)C)N1CCCC1. The van der Waals surface area contributed by atoms with Gasteiger partial charge in [0.05, 0.1) is 6.54 Å². The standard InChI is InChI=1S/C18H29N3O4/c1-8-11-21(16(23)25-18(5,6)7)14(20-12-9-10-13-20)19-15(22)24-17(2,3)4/h1H,9-13H2,2-7H3/b19-14+. The molecule has 0 atom stereocenters. The molecule has 0 radical (unpaired) electrons. The molecule has 0 N–H and O–H groups in total. The van der Waals surface area contributed by atoms with E-state index in [0.717, 1.165) is 12.8 Å². The Morgan fingerprint density at radius 1 is 1.08 bits per heavy atom. The van der Waals surface area contributed by atoms with E-state index in [2.05, 4.69) is 10.9 Å². The molecular formula is C18H29N3O4. The third-order valence-corrected chi connectivity index (χ3v) is 3.08. The lowest BCUT2D eigenvalue weighted by Crippen LogP contribution is -2.49. The largest absolute Gasteiger partial charge is 0.443 e. The summed E-state index contributed by atoms with van der Waals surface area (Å²) >= 11 is 0. The fraction of sp³-hybridized carbons (Fsp3) is 0.722. The molecule has 7 heteroatoms. The van der Waals surface area contributed by atoms with Crippen molar-refractivity contribution in [3.63, 3.8) is 0 Å². The summed E-state index contributed by atoms with van der Waals surface area (Å²) in [6.45, 7) is 11.9. The average molecular weight is 351 g/mol. The predicted molar refractivity (Wildman–Crippen MR) is 96.2 cm³/mol. The molecule has 1 aliphatic rings. The number of terminal acetylenes is 1. The summed E-state index contributed by atoms with van der Waals surface area (Å²) in [5, 5.41) is 0. The van der Waals surface area contributed by atoms with Crippen LogP contribution in [0.3, 0.4) is 0 Å². The van der Waals surface area contributed by atoms with Crippen molar-refractivity contribution in [2.75, 3.05) is 19.6 Å². The normalized spacial score (nSPS) is 15.6. The summed E-state index contributed by atoms with van der Waals surface area (Å²) in [5.41, 5.74) is -1.37. The molecule has 1 heterocycles. The van der Waals surface area contributed by atoms with E-state index in [1.807, 2.05) is 4.90 Å². The van der Waals surface area contributed by atoms with Crippen LogP contribution in [-0.4, -0.2) is 58.8 Å². The van der Waals surface area contributed by atoms with E-state index < -0.39 is 23.4 Å². The zero-order valence-electron chi connectivity index (χ0n) is 16.1. The first kappa shape index (κ1) is 20.8. The lowest BCUT2D eigenvalue weighted by atomic mass is 10.2. The second-order valence-electron chi connectivity index (χ2n) is 7.86. The maximum absolute atomic E-state index is 12.6. The second-order valence-corrected chi connectivity index (χ2v) is 7.86. The van der Waals surface area contributed by atoms with E-state index in [4.69, 9.17) is 15.9 Å². The highest BCUT2D eigenvalue weighted by atomic mass is 16.6. The molecule has 0 saturated carbocycles. The van der Waals surface area contributed by atoms with Crippen molar-refractivity contribution in [3.05, 3.63) is 0 Å². The minimum atomic E-state index is -0.764. The zero-order valence-corrected chi connectivity index (χ0v) is 16.1. The van der Waals surface area contributed by atoms with Crippen molar-refractivity contribution in [1.29, 1.82) is 0 Å². The molecule has 25 heavy (non-hydrogen) atoms. The molecule has 0 unspecified atom stereocenters. The highest BCUT2D eigenvalue weighted by Crippen LogP contribution is 2.16. The van der Waals surface area contributed by atoms with Crippen LogP contribution in [0.5, 0.6) is 0 Å². The van der Waals surface area contributed by atoms with Gasteiger partial charge in [-0.25, -0.2) is 14.5 Å². The highest BCUT2D eigenvalue weighted by molar-refractivity contribution is 5.99. The number of carbonyl (C=O) groups is 2. The maximum Gasteiger partial charge on any atom is 0.437 e. The van der Waals surface area contributed by atoms with E-state index >= 15 is 0 Å². The van der Waals surface area contributed by atoms with Crippen LogP contribution in [0.2, 0.25) is 0 Å². The van der Waals surface area contributed by atoms with Crippen LogP contribution in [0.4, 0.5) is 9.59 Å². The number of ether oxygens (including phenoxy) is 2. The van der Waals surface area contributed by atoms with Crippen LogP contribution in [0.1, 0.15) is 54.4 Å². The Morgan fingerprint density at radius 3 is 2.04 bits per heavy atom. The molecule has 1 fully saturated rings. The van der Waals surface area contributed by atoms with Crippen molar-refractivity contribution < 1.29 is 19.1 Å². The topological polar surface area (TPSA) is 71.4 Å². The van der Waals surface area contributed by atoms with Crippen LogP contribution in [0.15, 0.2) is 4.99 Å². The molecule has 2 amide bonds. The number of rotatable bonds is 1. The van der Waals surface area contributed by atoms with Crippen molar-refractivity contribution in [1.82, 2.24) is 9.80 Å². The van der Waals surface area contributed by atoms with E-state index in [1.165, 1.54) is 4.90 Å². The molecule has 0 aromatic rings. The first-order valence-corrected chi connectivity index (χ1v) is 8.43. The summed E-state index contributed by atoms with van der Waals surface area (Å²) in [6.07, 6.45) is 5.91. The van der Waals surface area contributed by atoms with E-state index in [9.17, 15) is 9.59 Å². The van der Waals surface area contributed by atoms with Gasteiger partial charge in [-0.15, -0.1) is 11.4 Å². The third-order valence-electron chi connectivity index (χ3n) is 3.08. The van der Waals surface area contributed by atoms with Crippen LogP contribution in [0, 0.1) is 12.3 Å². The molecular weight excluding hydrogens is 322 g/mol. The summed E-state index contributed by atoms with van der Waals surface area (Å²) in [5.74, 6) is 2.60. The molecule has 1 saturated heterocycles. The smallest absolute Gasteiger partial charge is 0.437 e. The van der Waals surface area contributed by atoms with E-state index in [-0.39, 0.29) is 12.5 Å². The molecule has 0 aliphatic carbocycles. The van der Waals surface area contributed by atoms with Crippen molar-refractivity contribution in [2.45, 2.75) is 65.6 Å². The van der Waals surface area contributed by atoms with Crippen molar-refractivity contribution >= 4 is 18.1 Å². The van der Waals surface area contributed by atoms with Gasteiger partial charge in [0, 0.05) is 13.1 Å². The lowest BCUT2D eigenvalue weighted by Gasteiger charge is -2.31. The van der Waals surface area contributed by atoms with Crippen molar-refractivity contribution in [3.8, 4) is 12.3 Å². The fourth-order valence-corrected chi connectivity index (χ4v) is 2.21. The Morgan fingerprint density at radius 2 is 1.60 bits per heavy atom. The van der Waals surface area contributed by atoms with Gasteiger partial charge in [0.2, 0.25) is 5.96 Å². The highest BCUT2D eigenvalue weighted by Gasteiger charge is 2.31. The molecule has 0 spiro atoms. The van der Waals surface area contributed by atoms with Gasteiger partial charge >= 0.3 is 12.2 Å². The number of aliphatic imine (C=N–C) groups is 1. The van der Waals surface area contributed by atoms with E-state index in [1.54, 1.807) is 41.5 Å². The van der Waals surface area contributed by atoms with Gasteiger partial charge in [-0.1, -0.05) is 5.92 Å². The Hall–Kier alpha value is -2.23. The van der Waals surface area contributed by atoms with Crippen LogP contribution >= 0.6 is 0 Å². The van der Waals surface area contributed by atoms with Gasteiger partial charge in [-0.3, -0.25) is 0 Å². The second kappa shape index (κ2) is 8.24. The first-order valence-electron chi connectivity index (χ1n) is 8.43. The van der Waals surface area contributed by atoms with Gasteiger partial charge in [-0.2, -0.15) is 0 Å². The van der Waals surface area contributed by atoms with Gasteiger partial charge in [-0.05, 0) is 54.4 Å². The third kappa shape index (κ3) is 7.46. The Labute approximate surface area is 150 Å². The molecule has 0 aromatic carbocycles. The zero-order chi connectivity index (χ0) is 19.3. The number of amides is 2. The summed E-state index contributed by atoms with van der Waals surface area (Å²) in [4.78, 5) is 31.8. The number of carbonyl (C=O) groups excluding carboxylic acids is 2. The average Bonchev–Trinajstić information content (AvgIpc) is 2.92. The van der Waals surface area contributed by atoms with Crippen LogP contribution in [0.25, 0.3) is 0 Å². The number of hydrogen-bond donors (Lipinski definition) is 0. The van der Waals surface area contributed by atoms with Crippen LogP contribution < -0.4 is 0 Å². The van der Waals surface area contributed by atoms with Gasteiger partial charge < -0.3 is 14.4 Å². The number of hydrogen-bond acceptors (Lipinski definition) is 4. The Balaban J connectivity index is 3.15. The summed E-state index contributed by atoms with van der Waals surface area (Å²) in [7, 11) is 0. The Kier molecular flexibility index (Phi) is 6.86. The molecule has 140 valence electrons. The van der Waals surface area contributed by atoms with Gasteiger partial charge in [0.25, 0.3) is 0 Å². The first-order chi connectivity index (χ1) is 11.4. The maximum atomic E-state index is 12.6. The molecule has 0 bridgehead atoms. The van der Waals surface area contributed by atoms with E-state index in [0.29, 0.717) is 13.1 Å². The summed E-state index contributed by atoms with van der Waals surface area (Å²) < 4.78 is 10.7. The number of guanidine groups is 1. The minimum absolute atomic E-state index is 0.0486. The molecule has 1 aliphatic heterocycles. The fourth-order valence-electron chi connectivity index (χ4n) is 2.21. The summed E-state index contributed by atoms with van der Waals surface area (Å²) in [6, 6.07) is 0. The van der Waals surface area contributed by atoms with Gasteiger partial charge in [0.15, 0.2) is 0 Å². The van der Waals surface area contributed by atoms with Crippen molar-refractivity contribution in [2.24, 2.45) is 4.99 Å². The number of nitrogens with zero attached hydrogens (tertiary/aromatic N) is 3. The predicted octanol–water partition coefficient (Wildman–Crippen LogP) is 3.24. The lowest BCUT2D eigenvalue weighted by molar-refractivity contribution is 0.0367. The molecule has 7 nitrogen and oxygen atoms in total. The molecule has 0 aromatic heterocycles. The molecule has 1 rings (SSSR count). The quantitative estimate of drug-likeness (QED) is 0.412. The van der Waals surface area contributed by atoms with Crippen LogP contribution in [-0.2, 0) is 9.47 Å². The monoisotopic (exact) mass is 351 g/mol. The Bertz CT molecular complexity index is 558. The number of likely N-dealkylation sites (tertiary alicyclic amines) is 1. The van der Waals surface area contributed by atoms with Gasteiger partial charge in [0.1, 0.15) is 11.2 Å². The minimum Gasteiger partial charge on any atom is -0.443 e.